The quantitative estimate of drug-likeness (QED) is 0.807. The van der Waals surface area contributed by atoms with Gasteiger partial charge in [-0.25, -0.2) is 0 Å². The molecule has 0 aliphatic heterocycles. The third kappa shape index (κ3) is 4.57. The summed E-state index contributed by atoms with van der Waals surface area (Å²) in [4.78, 5) is 11.6. The third-order valence-electron chi connectivity index (χ3n) is 3.41. The molecule has 1 aliphatic rings. The minimum absolute atomic E-state index is 0. The predicted octanol–water partition coefficient (Wildman–Crippen LogP) is 2.54. The summed E-state index contributed by atoms with van der Waals surface area (Å²) in [5.41, 5.74) is 7.60. The average Bonchev–Trinajstić information content (AvgIpc) is 2.26. The zero-order valence-corrected chi connectivity index (χ0v) is 11.3. The molecule has 3 nitrogen and oxygen atoms in total. The van der Waals surface area contributed by atoms with Gasteiger partial charge < -0.3 is 11.1 Å². The lowest BCUT2D eigenvalue weighted by atomic mass is 9.83. The lowest BCUT2D eigenvalue weighted by Crippen LogP contribution is -2.29. The van der Waals surface area contributed by atoms with Crippen molar-refractivity contribution >= 4 is 24.0 Å². The van der Waals surface area contributed by atoms with Crippen molar-refractivity contribution in [2.24, 2.45) is 5.92 Å². The van der Waals surface area contributed by atoms with E-state index < -0.39 is 0 Å². The van der Waals surface area contributed by atoms with Gasteiger partial charge in [-0.15, -0.1) is 12.4 Å². The van der Waals surface area contributed by atoms with Crippen molar-refractivity contribution in [3.05, 3.63) is 29.8 Å². The third-order valence-corrected chi connectivity index (χ3v) is 3.41. The maximum absolute atomic E-state index is 11.6. The molecule has 1 aliphatic carbocycles. The van der Waals surface area contributed by atoms with Crippen LogP contribution < -0.4 is 11.1 Å². The van der Waals surface area contributed by atoms with Crippen LogP contribution in [0.2, 0.25) is 0 Å². The molecule has 0 unspecified atom stereocenters. The van der Waals surface area contributed by atoms with Gasteiger partial charge >= 0.3 is 0 Å². The number of nitrogen functional groups attached to an aromatic ring is 1. The van der Waals surface area contributed by atoms with Crippen LogP contribution in [0.4, 0.5) is 5.69 Å². The van der Waals surface area contributed by atoms with Crippen LogP contribution in [0.5, 0.6) is 0 Å². The number of halogens is 1. The normalized spacial score (nSPS) is 14.4. The molecule has 1 saturated carbocycles. The van der Waals surface area contributed by atoms with E-state index in [1.165, 1.54) is 24.8 Å². The van der Waals surface area contributed by atoms with Crippen LogP contribution in [0.1, 0.15) is 31.2 Å². The second-order valence-electron chi connectivity index (χ2n) is 4.84. The van der Waals surface area contributed by atoms with Crippen molar-refractivity contribution in [2.75, 3.05) is 12.3 Å². The molecular weight excluding hydrogens is 248 g/mol. The Morgan fingerprint density at radius 1 is 1.28 bits per heavy atom. The summed E-state index contributed by atoms with van der Waals surface area (Å²) in [6, 6.07) is 7.80. The molecule has 100 valence electrons. The Labute approximate surface area is 115 Å². The van der Waals surface area contributed by atoms with Gasteiger partial charge in [0.15, 0.2) is 0 Å². The molecule has 1 fully saturated rings. The van der Waals surface area contributed by atoms with Crippen LogP contribution in [0.3, 0.4) is 0 Å². The van der Waals surface area contributed by atoms with Gasteiger partial charge in [-0.05, 0) is 42.9 Å². The fourth-order valence-electron chi connectivity index (χ4n) is 2.06. The van der Waals surface area contributed by atoms with Crippen molar-refractivity contribution < 1.29 is 4.79 Å². The van der Waals surface area contributed by atoms with Crippen LogP contribution in [-0.2, 0) is 11.2 Å². The van der Waals surface area contributed by atoms with Crippen LogP contribution >= 0.6 is 12.4 Å². The maximum atomic E-state index is 11.6. The highest BCUT2D eigenvalue weighted by molar-refractivity contribution is 5.85. The topological polar surface area (TPSA) is 55.1 Å². The highest BCUT2D eigenvalue weighted by Gasteiger charge is 2.20. The fraction of sp³-hybridized carbons (Fsp3) is 0.500. The van der Waals surface area contributed by atoms with Crippen molar-refractivity contribution in [3.63, 3.8) is 0 Å². The molecule has 0 atom stereocenters. The number of nitrogens with two attached hydrogens (primary N) is 1. The molecule has 0 saturated heterocycles. The Balaban J connectivity index is 0.00000162. The Morgan fingerprint density at radius 3 is 2.50 bits per heavy atom. The number of amides is 1. The number of nitrogens with one attached hydrogen (secondary N) is 1. The molecule has 0 heterocycles. The number of hydrogen-bond donors (Lipinski definition) is 2. The van der Waals surface area contributed by atoms with E-state index in [9.17, 15) is 4.79 Å². The predicted molar refractivity (Wildman–Crippen MR) is 76.8 cm³/mol. The van der Waals surface area contributed by atoms with Crippen molar-refractivity contribution in [1.82, 2.24) is 5.32 Å². The second kappa shape index (κ2) is 7.27. The maximum Gasteiger partial charge on any atom is 0.220 e. The van der Waals surface area contributed by atoms with E-state index in [1.54, 1.807) is 0 Å². The first kappa shape index (κ1) is 14.8. The fourth-order valence-corrected chi connectivity index (χ4v) is 2.06. The summed E-state index contributed by atoms with van der Waals surface area (Å²) in [5.74, 6) is 0.844. The molecule has 3 N–H and O–H groups in total. The van der Waals surface area contributed by atoms with Crippen LogP contribution in [0.15, 0.2) is 24.3 Å². The summed E-state index contributed by atoms with van der Waals surface area (Å²) in [7, 11) is 0. The van der Waals surface area contributed by atoms with Crippen molar-refractivity contribution in [1.29, 1.82) is 0 Å². The number of carbonyl (C=O) groups is 1. The number of benzene rings is 1. The summed E-state index contributed by atoms with van der Waals surface area (Å²) in [5, 5.41) is 2.97. The summed E-state index contributed by atoms with van der Waals surface area (Å²) < 4.78 is 0. The van der Waals surface area contributed by atoms with E-state index in [0.717, 1.165) is 18.7 Å². The number of anilines is 1. The second-order valence-corrected chi connectivity index (χ2v) is 4.84. The summed E-state index contributed by atoms with van der Waals surface area (Å²) in [6.45, 7) is 0.718. The van der Waals surface area contributed by atoms with Gasteiger partial charge in [-0.1, -0.05) is 18.6 Å². The van der Waals surface area contributed by atoms with Crippen molar-refractivity contribution in [3.8, 4) is 0 Å². The zero-order chi connectivity index (χ0) is 12.1. The standard InChI is InChI=1S/C14H20N2O.ClH/c15-13-6-4-11(5-7-13)8-9-16-14(17)10-12-2-1-3-12;/h4-7,12H,1-3,8-10,15H2,(H,16,17);1H. The Morgan fingerprint density at radius 2 is 1.94 bits per heavy atom. The Bertz CT molecular complexity index is 374. The molecule has 0 radical (unpaired) electrons. The monoisotopic (exact) mass is 268 g/mol. The highest BCUT2D eigenvalue weighted by Crippen LogP contribution is 2.28. The molecule has 0 bridgehead atoms. The summed E-state index contributed by atoms with van der Waals surface area (Å²) in [6.07, 6.45) is 5.33. The molecule has 0 aromatic heterocycles. The molecule has 1 aromatic carbocycles. The number of rotatable bonds is 5. The highest BCUT2D eigenvalue weighted by atomic mass is 35.5. The van der Waals surface area contributed by atoms with Gasteiger partial charge in [0.25, 0.3) is 0 Å². The van der Waals surface area contributed by atoms with E-state index in [1.807, 2.05) is 24.3 Å². The molecule has 0 spiro atoms. The smallest absolute Gasteiger partial charge is 0.220 e. The minimum atomic E-state index is 0. The average molecular weight is 269 g/mol. The molecule has 18 heavy (non-hydrogen) atoms. The van der Waals surface area contributed by atoms with Crippen LogP contribution in [-0.4, -0.2) is 12.5 Å². The van der Waals surface area contributed by atoms with Gasteiger partial charge in [-0.3, -0.25) is 4.79 Å². The first-order valence-corrected chi connectivity index (χ1v) is 6.35. The van der Waals surface area contributed by atoms with Gasteiger partial charge in [0.2, 0.25) is 5.91 Å². The van der Waals surface area contributed by atoms with E-state index in [-0.39, 0.29) is 18.3 Å². The lowest BCUT2D eigenvalue weighted by Gasteiger charge is -2.24. The molecule has 1 aromatic rings. The largest absolute Gasteiger partial charge is 0.399 e. The van der Waals surface area contributed by atoms with Gasteiger partial charge in [0.1, 0.15) is 0 Å². The SMILES string of the molecule is Cl.Nc1ccc(CCNC(=O)CC2CCC2)cc1. The Kier molecular flexibility index (Phi) is 5.99. The molecule has 2 rings (SSSR count). The molecular formula is C14H21ClN2O. The van der Waals surface area contributed by atoms with Gasteiger partial charge in [0.05, 0.1) is 0 Å². The Hall–Kier alpha value is -1.22. The minimum Gasteiger partial charge on any atom is -0.399 e. The van der Waals surface area contributed by atoms with Crippen LogP contribution in [0, 0.1) is 5.92 Å². The van der Waals surface area contributed by atoms with E-state index in [4.69, 9.17) is 5.73 Å². The summed E-state index contributed by atoms with van der Waals surface area (Å²) >= 11 is 0. The zero-order valence-electron chi connectivity index (χ0n) is 10.5. The lowest BCUT2D eigenvalue weighted by molar-refractivity contribution is -0.122. The van der Waals surface area contributed by atoms with Crippen molar-refractivity contribution in [2.45, 2.75) is 32.1 Å². The van der Waals surface area contributed by atoms with Gasteiger partial charge in [-0.2, -0.15) is 0 Å². The first-order valence-electron chi connectivity index (χ1n) is 6.35. The molecule has 4 heteroatoms. The number of hydrogen-bond acceptors (Lipinski definition) is 2. The molecule has 1 amide bonds. The van der Waals surface area contributed by atoms with E-state index in [2.05, 4.69) is 5.32 Å². The first-order chi connectivity index (χ1) is 8.24. The van der Waals surface area contributed by atoms with E-state index in [0.29, 0.717) is 12.3 Å². The van der Waals surface area contributed by atoms with E-state index >= 15 is 0 Å². The van der Waals surface area contributed by atoms with Crippen LogP contribution in [0.25, 0.3) is 0 Å². The number of carbonyl (C=O) groups excluding carboxylic acids is 1. The van der Waals surface area contributed by atoms with Gasteiger partial charge in [0, 0.05) is 18.7 Å².